The highest BCUT2D eigenvalue weighted by atomic mass is 19.4. The predicted molar refractivity (Wildman–Crippen MR) is 223 cm³/mol. The fraction of sp³-hybridized carbons (Fsp3) is 0.318. The molecule has 0 radical (unpaired) electrons. The van der Waals surface area contributed by atoms with Gasteiger partial charge >= 0.3 is 6.18 Å². The maximum Gasteiger partial charge on any atom is 0.396 e. The van der Waals surface area contributed by atoms with Crippen LogP contribution >= 0.6 is 0 Å². The van der Waals surface area contributed by atoms with E-state index >= 15 is 0 Å². The smallest absolute Gasteiger partial charge is 0.396 e. The Balaban J connectivity index is 1.11. The fourth-order valence-electron chi connectivity index (χ4n) is 7.01. The number of alkyl halides is 5. The van der Waals surface area contributed by atoms with Gasteiger partial charge in [0.25, 0.3) is 5.92 Å². The van der Waals surface area contributed by atoms with Crippen LogP contribution in [0.1, 0.15) is 57.0 Å². The molecule has 2 N–H and O–H groups in total. The molecule has 12 nitrogen and oxygen atoms in total. The lowest BCUT2D eigenvalue weighted by Gasteiger charge is -2.31. The maximum atomic E-state index is 14.9. The van der Waals surface area contributed by atoms with E-state index in [4.69, 9.17) is 10.7 Å². The number of nitriles is 1. The van der Waals surface area contributed by atoms with E-state index in [1.54, 1.807) is 72.0 Å². The highest BCUT2D eigenvalue weighted by Crippen LogP contribution is 2.43. The first-order valence-corrected chi connectivity index (χ1v) is 19.4. The minimum Gasteiger partial charge on any atom is -0.404 e. The van der Waals surface area contributed by atoms with E-state index in [1.807, 2.05) is 30.3 Å². The van der Waals surface area contributed by atoms with Crippen LogP contribution in [0.2, 0.25) is 0 Å². The quantitative estimate of drug-likeness (QED) is 0.0891. The molecule has 17 heteroatoms. The zero-order valence-corrected chi connectivity index (χ0v) is 34.4. The summed E-state index contributed by atoms with van der Waals surface area (Å²) < 4.78 is 78.0. The van der Waals surface area contributed by atoms with Gasteiger partial charge in [-0.25, -0.2) is 28.2 Å². The number of nitrogens with two attached hydrogens (primary N) is 1. The van der Waals surface area contributed by atoms with Crippen LogP contribution in [-0.4, -0.2) is 68.8 Å². The van der Waals surface area contributed by atoms with E-state index in [0.29, 0.717) is 67.5 Å². The normalized spacial score (nSPS) is 14.0. The molecule has 0 saturated heterocycles. The number of nitrogens with zero attached hydrogens (tertiary/aromatic N) is 11. The molecule has 0 saturated carbocycles. The standard InChI is InChI=1S/C44H43F5N12/c1-27-55-38-19-30(13-16-61(38)58-27)40-35(11-10-33(21-51)57-40)31(20-50)22-52-25-42(5,44(47,48)49)14-17-60-28(2)56-36-18-29(9-12-37(36)60)39-34(8-7-15-53-39)32-23-54-59(24-32)26-41(3,4)43(6,45)46/h7-13,15-16,18-20,22-24H,14,17,25-26,50H2,1-6H3. The number of allylic oxidation sites excluding steroid dienone is 1. The lowest BCUT2D eigenvalue weighted by Crippen LogP contribution is -2.39. The van der Waals surface area contributed by atoms with E-state index in [0.717, 1.165) is 19.4 Å². The summed E-state index contributed by atoms with van der Waals surface area (Å²) >= 11 is 0. The van der Waals surface area contributed by atoms with Crippen LogP contribution in [0.5, 0.6) is 0 Å². The minimum absolute atomic E-state index is 0.000768. The molecular weight excluding hydrogens is 792 g/mol. The molecule has 61 heavy (non-hydrogen) atoms. The van der Waals surface area contributed by atoms with Crippen LogP contribution in [0.4, 0.5) is 22.0 Å². The van der Waals surface area contributed by atoms with Crippen LogP contribution in [0.3, 0.4) is 0 Å². The van der Waals surface area contributed by atoms with Gasteiger partial charge < -0.3 is 10.3 Å². The van der Waals surface area contributed by atoms with Crippen molar-refractivity contribution in [1.82, 2.24) is 43.9 Å². The highest BCUT2D eigenvalue weighted by molar-refractivity contribution is 6.11. The fourth-order valence-corrected chi connectivity index (χ4v) is 7.01. The Bertz CT molecular complexity index is 2850. The molecule has 7 rings (SSSR count). The first-order valence-electron chi connectivity index (χ1n) is 19.4. The number of aliphatic imine (C=N–C) groups is 1. The van der Waals surface area contributed by atoms with Gasteiger partial charge in [-0.1, -0.05) is 26.0 Å². The third-order valence-corrected chi connectivity index (χ3v) is 11.2. The van der Waals surface area contributed by atoms with E-state index in [-0.39, 0.29) is 25.2 Å². The minimum atomic E-state index is -4.61. The van der Waals surface area contributed by atoms with Gasteiger partial charge in [0.05, 0.1) is 47.1 Å². The third kappa shape index (κ3) is 8.47. The van der Waals surface area contributed by atoms with Crippen molar-refractivity contribution in [2.24, 2.45) is 21.6 Å². The number of pyridine rings is 3. The topological polar surface area (TPSA) is 154 Å². The van der Waals surface area contributed by atoms with Crippen molar-refractivity contribution in [2.45, 2.75) is 73.2 Å². The van der Waals surface area contributed by atoms with Gasteiger partial charge in [0.15, 0.2) is 5.65 Å². The summed E-state index contributed by atoms with van der Waals surface area (Å²) in [6, 6.07) is 17.8. The SMILES string of the molecule is Cc1nc2cc(-c3nc(C#N)ccc3C(C=NCC(C)(CCn3c(C)nc4cc(-c5ncccc5-c5cnn(CC(C)(C)C(C)(F)F)c5)ccc43)C(F)(F)F)=CN)ccn2n1. The zero-order chi connectivity index (χ0) is 43.9. The molecule has 0 amide bonds. The highest BCUT2D eigenvalue weighted by Gasteiger charge is 2.50. The Kier molecular flexibility index (Phi) is 11.1. The monoisotopic (exact) mass is 834 g/mol. The number of imidazole rings is 1. The molecule has 1 unspecified atom stereocenters. The number of fused-ring (bicyclic) bond motifs is 2. The molecule has 1 aromatic carbocycles. The summed E-state index contributed by atoms with van der Waals surface area (Å²) in [6.45, 7) is 7.94. The van der Waals surface area contributed by atoms with Crippen LogP contribution in [0, 0.1) is 36.0 Å². The number of rotatable bonds is 13. The van der Waals surface area contributed by atoms with Crippen LogP contribution in [0.25, 0.3) is 55.9 Å². The molecule has 0 bridgehead atoms. The molecule has 7 aromatic rings. The summed E-state index contributed by atoms with van der Waals surface area (Å²) in [5, 5.41) is 18.2. The lowest BCUT2D eigenvalue weighted by atomic mass is 9.85. The summed E-state index contributed by atoms with van der Waals surface area (Å²) in [4.78, 5) is 22.5. The summed E-state index contributed by atoms with van der Waals surface area (Å²) in [5.41, 5.74) is 8.89. The lowest BCUT2D eigenvalue weighted by molar-refractivity contribution is -0.217. The van der Waals surface area contributed by atoms with Gasteiger partial charge in [-0.05, 0) is 76.6 Å². The molecule has 1 atom stereocenters. The van der Waals surface area contributed by atoms with Gasteiger partial charge in [-0.3, -0.25) is 14.7 Å². The Hall–Kier alpha value is -6.83. The number of hydrogen-bond donors (Lipinski definition) is 1. The van der Waals surface area contributed by atoms with Crippen LogP contribution < -0.4 is 5.73 Å². The van der Waals surface area contributed by atoms with Crippen molar-refractivity contribution in [2.75, 3.05) is 6.54 Å². The molecule has 314 valence electrons. The summed E-state index contributed by atoms with van der Waals surface area (Å²) in [6.07, 6.45) is 4.30. The predicted octanol–water partition coefficient (Wildman–Crippen LogP) is 9.27. The number of benzene rings is 1. The van der Waals surface area contributed by atoms with Crippen molar-refractivity contribution in [3.63, 3.8) is 0 Å². The molecule has 0 aliphatic carbocycles. The Morgan fingerprint density at radius 3 is 2.41 bits per heavy atom. The first-order chi connectivity index (χ1) is 28.8. The second-order valence-electron chi connectivity index (χ2n) is 16.1. The Morgan fingerprint density at radius 2 is 1.69 bits per heavy atom. The maximum absolute atomic E-state index is 14.9. The van der Waals surface area contributed by atoms with Gasteiger partial charge in [-0.2, -0.15) is 28.6 Å². The van der Waals surface area contributed by atoms with Crippen LogP contribution in [-0.2, 0) is 13.1 Å². The second-order valence-corrected chi connectivity index (χ2v) is 16.1. The van der Waals surface area contributed by atoms with Gasteiger partial charge in [0, 0.05) is 76.4 Å². The molecular formula is C44H43F5N12. The Labute approximate surface area is 348 Å². The number of aromatic nitrogens is 9. The zero-order valence-electron chi connectivity index (χ0n) is 34.4. The van der Waals surface area contributed by atoms with Crippen molar-refractivity contribution >= 4 is 28.5 Å². The van der Waals surface area contributed by atoms with E-state index in [1.165, 1.54) is 37.0 Å². The largest absolute Gasteiger partial charge is 0.404 e. The van der Waals surface area contributed by atoms with Crippen molar-refractivity contribution in [3.05, 3.63) is 108 Å². The average molecular weight is 835 g/mol. The Morgan fingerprint density at radius 1 is 0.918 bits per heavy atom. The number of aryl methyl sites for hydroxylation is 3. The van der Waals surface area contributed by atoms with E-state index in [2.05, 4.69) is 30.1 Å². The molecule has 0 aliphatic rings. The van der Waals surface area contributed by atoms with Gasteiger partial charge in [0.1, 0.15) is 23.4 Å². The van der Waals surface area contributed by atoms with Gasteiger partial charge in [-0.15, -0.1) is 0 Å². The number of halogens is 5. The third-order valence-electron chi connectivity index (χ3n) is 11.2. The molecule has 6 heterocycles. The summed E-state index contributed by atoms with van der Waals surface area (Å²) in [5.74, 6) is -1.82. The molecule has 0 aliphatic heterocycles. The van der Waals surface area contributed by atoms with E-state index in [9.17, 15) is 27.2 Å². The molecule has 0 spiro atoms. The molecule has 0 fully saturated rings. The first kappa shape index (κ1) is 42.3. The molecule has 6 aromatic heterocycles. The number of hydrogen-bond acceptors (Lipinski definition) is 9. The van der Waals surface area contributed by atoms with Crippen molar-refractivity contribution < 1.29 is 22.0 Å². The van der Waals surface area contributed by atoms with Crippen molar-refractivity contribution in [3.8, 4) is 39.7 Å². The van der Waals surface area contributed by atoms with Crippen LogP contribution in [0.15, 0.2) is 90.6 Å². The second kappa shape index (κ2) is 16.0. The average Bonchev–Trinajstić information content (AvgIpc) is 3.92. The van der Waals surface area contributed by atoms with E-state index < -0.39 is 29.5 Å². The van der Waals surface area contributed by atoms with Gasteiger partial charge in [0.2, 0.25) is 0 Å². The summed E-state index contributed by atoms with van der Waals surface area (Å²) in [7, 11) is 0. The van der Waals surface area contributed by atoms with Crippen molar-refractivity contribution in [1.29, 1.82) is 5.26 Å².